The lowest BCUT2D eigenvalue weighted by Gasteiger charge is -2.34. The Labute approximate surface area is 180 Å². The van der Waals surface area contributed by atoms with Crippen molar-refractivity contribution in [3.63, 3.8) is 0 Å². The first-order chi connectivity index (χ1) is 14.9. The average molecular weight is 426 g/mol. The van der Waals surface area contributed by atoms with Crippen molar-refractivity contribution in [2.45, 2.75) is 20.4 Å². The van der Waals surface area contributed by atoms with Crippen molar-refractivity contribution in [2.75, 3.05) is 44.6 Å². The average Bonchev–Trinajstić information content (AvgIpc) is 3.31. The number of benzene rings is 1. The molecule has 4 amide bonds. The summed E-state index contributed by atoms with van der Waals surface area (Å²) in [5, 5.41) is 2.91. The molecule has 9 nitrogen and oxygen atoms in total. The molecular formula is C22H26N4O5. The Balaban J connectivity index is 1.31. The Bertz CT molecular complexity index is 994. The number of ether oxygens (including phenoxy) is 1. The van der Waals surface area contributed by atoms with E-state index in [1.54, 1.807) is 27.7 Å². The molecule has 2 saturated heterocycles. The molecule has 164 valence electrons. The zero-order chi connectivity index (χ0) is 22.0. The minimum absolute atomic E-state index is 0.0671. The van der Waals surface area contributed by atoms with Crippen molar-refractivity contribution in [2.24, 2.45) is 0 Å². The third kappa shape index (κ3) is 4.65. The number of carbonyl (C=O) groups is 3. The van der Waals surface area contributed by atoms with Crippen LogP contribution >= 0.6 is 0 Å². The number of anilines is 1. The Morgan fingerprint density at radius 2 is 1.77 bits per heavy atom. The van der Waals surface area contributed by atoms with Crippen molar-refractivity contribution in [3.05, 3.63) is 53.0 Å². The zero-order valence-electron chi connectivity index (χ0n) is 17.7. The fraction of sp³-hybridized carbons (Fsp3) is 0.409. The van der Waals surface area contributed by atoms with Gasteiger partial charge in [-0.2, -0.15) is 0 Å². The summed E-state index contributed by atoms with van der Waals surface area (Å²) in [7, 11) is 0. The van der Waals surface area contributed by atoms with Crippen LogP contribution in [0.3, 0.4) is 0 Å². The Hall–Kier alpha value is -3.49. The molecule has 0 spiro atoms. The van der Waals surface area contributed by atoms with Gasteiger partial charge < -0.3 is 29.2 Å². The number of rotatable bonds is 4. The molecule has 4 rings (SSSR count). The number of carbonyl (C=O) groups excluding carboxylic acids is 3. The van der Waals surface area contributed by atoms with Crippen LogP contribution in [0.25, 0.3) is 0 Å². The van der Waals surface area contributed by atoms with E-state index >= 15 is 0 Å². The molecule has 9 heteroatoms. The summed E-state index contributed by atoms with van der Waals surface area (Å²) in [5.41, 5.74) is 2.16. The number of piperazine rings is 1. The topological polar surface area (TPSA) is 95.3 Å². The molecule has 1 aromatic carbocycles. The van der Waals surface area contributed by atoms with E-state index in [0.717, 1.165) is 5.56 Å². The Morgan fingerprint density at radius 1 is 1.03 bits per heavy atom. The lowest BCUT2D eigenvalue weighted by molar-refractivity contribution is 0.0670. The van der Waals surface area contributed by atoms with Gasteiger partial charge in [-0.1, -0.05) is 12.1 Å². The molecule has 0 unspecified atom stereocenters. The molecule has 2 fully saturated rings. The number of nitrogens with zero attached hydrogens (tertiary/aromatic N) is 3. The summed E-state index contributed by atoms with van der Waals surface area (Å²) in [6.07, 6.45) is -0.317. The lowest BCUT2D eigenvalue weighted by Crippen LogP contribution is -2.51. The molecule has 0 atom stereocenters. The van der Waals surface area contributed by atoms with Gasteiger partial charge in [0.25, 0.3) is 5.91 Å². The van der Waals surface area contributed by atoms with Crippen molar-refractivity contribution >= 4 is 23.7 Å². The standard InChI is InChI=1S/C22H26N4O5/c1-15-12-19(16(2)31-15)20(27)24-6-8-25(9-7-24)21(28)23-18-5-3-4-17(13-18)14-26-10-11-30-22(26)29/h3-5,12-13H,6-11,14H2,1-2H3,(H,23,28). The van der Waals surface area contributed by atoms with E-state index in [1.165, 1.54) is 0 Å². The largest absolute Gasteiger partial charge is 0.466 e. The van der Waals surface area contributed by atoms with Crippen LogP contribution < -0.4 is 5.32 Å². The van der Waals surface area contributed by atoms with E-state index in [1.807, 2.05) is 31.2 Å². The maximum Gasteiger partial charge on any atom is 0.410 e. The van der Waals surface area contributed by atoms with Gasteiger partial charge in [-0.3, -0.25) is 4.79 Å². The summed E-state index contributed by atoms with van der Waals surface area (Å²) in [4.78, 5) is 42.1. The molecule has 0 saturated carbocycles. The molecule has 2 aromatic rings. The predicted molar refractivity (Wildman–Crippen MR) is 113 cm³/mol. The first-order valence-corrected chi connectivity index (χ1v) is 10.3. The van der Waals surface area contributed by atoms with E-state index in [4.69, 9.17) is 9.15 Å². The van der Waals surface area contributed by atoms with E-state index < -0.39 is 0 Å². The number of furan rings is 1. The highest BCUT2D eigenvalue weighted by molar-refractivity contribution is 5.95. The molecule has 0 radical (unpaired) electrons. The molecule has 1 N–H and O–H groups in total. The highest BCUT2D eigenvalue weighted by atomic mass is 16.6. The maximum atomic E-state index is 12.7. The molecule has 31 heavy (non-hydrogen) atoms. The number of aryl methyl sites for hydroxylation is 2. The highest BCUT2D eigenvalue weighted by Crippen LogP contribution is 2.19. The first kappa shape index (κ1) is 20.8. The quantitative estimate of drug-likeness (QED) is 0.811. The van der Waals surface area contributed by atoms with Gasteiger partial charge in [0.15, 0.2) is 0 Å². The normalized spacial score (nSPS) is 16.5. The van der Waals surface area contributed by atoms with Crippen molar-refractivity contribution in [3.8, 4) is 0 Å². The van der Waals surface area contributed by atoms with Crippen molar-refractivity contribution in [1.82, 2.24) is 14.7 Å². The van der Waals surface area contributed by atoms with Gasteiger partial charge in [0.1, 0.15) is 18.1 Å². The number of hydrogen-bond acceptors (Lipinski definition) is 5. The smallest absolute Gasteiger partial charge is 0.410 e. The summed E-state index contributed by atoms with van der Waals surface area (Å²) in [6, 6.07) is 8.97. The molecule has 0 bridgehead atoms. The van der Waals surface area contributed by atoms with Gasteiger partial charge in [0.05, 0.1) is 12.1 Å². The van der Waals surface area contributed by atoms with Gasteiger partial charge in [0, 0.05) is 38.4 Å². The SMILES string of the molecule is Cc1cc(C(=O)N2CCN(C(=O)Nc3cccc(CN4CCOC4=O)c3)CC2)c(C)o1. The van der Waals surface area contributed by atoms with Crippen molar-refractivity contribution in [1.29, 1.82) is 0 Å². The van der Waals surface area contributed by atoms with Crippen LogP contribution in [0.4, 0.5) is 15.3 Å². The number of cyclic esters (lactones) is 1. The van der Waals surface area contributed by atoms with E-state index in [9.17, 15) is 14.4 Å². The summed E-state index contributed by atoms with van der Waals surface area (Å²) < 4.78 is 10.4. The van der Waals surface area contributed by atoms with Crippen LogP contribution in [-0.4, -0.2) is 72.1 Å². The van der Waals surface area contributed by atoms with Crippen LogP contribution in [-0.2, 0) is 11.3 Å². The Morgan fingerprint density at radius 3 is 2.42 bits per heavy atom. The minimum atomic E-state index is -0.317. The van der Waals surface area contributed by atoms with Gasteiger partial charge in [-0.25, -0.2) is 9.59 Å². The van der Waals surface area contributed by atoms with Gasteiger partial charge in [-0.15, -0.1) is 0 Å². The van der Waals surface area contributed by atoms with E-state index in [2.05, 4.69) is 5.32 Å². The van der Waals surface area contributed by atoms with Gasteiger partial charge >= 0.3 is 12.1 Å². The number of nitrogens with one attached hydrogen (secondary N) is 1. The summed E-state index contributed by atoms with van der Waals surface area (Å²) >= 11 is 0. The van der Waals surface area contributed by atoms with Crippen LogP contribution in [0, 0.1) is 13.8 Å². The monoisotopic (exact) mass is 426 g/mol. The molecular weight excluding hydrogens is 400 g/mol. The van der Waals surface area contributed by atoms with E-state index in [0.29, 0.717) is 68.6 Å². The second kappa shape index (κ2) is 8.71. The number of amides is 4. The number of urea groups is 1. The molecule has 0 aliphatic carbocycles. The molecule has 2 aliphatic rings. The predicted octanol–water partition coefficient (Wildman–Crippen LogP) is 2.84. The first-order valence-electron chi connectivity index (χ1n) is 10.3. The van der Waals surface area contributed by atoms with Crippen LogP contribution in [0.1, 0.15) is 27.4 Å². The summed E-state index contributed by atoms with van der Waals surface area (Å²) in [5.74, 6) is 1.26. The second-order valence-corrected chi connectivity index (χ2v) is 7.77. The molecule has 2 aliphatic heterocycles. The van der Waals surface area contributed by atoms with Crippen LogP contribution in [0.15, 0.2) is 34.7 Å². The third-order valence-corrected chi connectivity index (χ3v) is 5.52. The fourth-order valence-corrected chi connectivity index (χ4v) is 3.87. The minimum Gasteiger partial charge on any atom is -0.466 e. The van der Waals surface area contributed by atoms with Gasteiger partial charge in [-0.05, 0) is 37.6 Å². The lowest BCUT2D eigenvalue weighted by atomic mass is 10.2. The third-order valence-electron chi connectivity index (χ3n) is 5.52. The van der Waals surface area contributed by atoms with E-state index in [-0.39, 0.29) is 18.0 Å². The molecule has 3 heterocycles. The molecule has 1 aromatic heterocycles. The second-order valence-electron chi connectivity index (χ2n) is 7.77. The maximum absolute atomic E-state index is 12.7. The van der Waals surface area contributed by atoms with Crippen LogP contribution in [0.5, 0.6) is 0 Å². The number of hydrogen-bond donors (Lipinski definition) is 1. The Kier molecular flexibility index (Phi) is 5.83. The summed E-state index contributed by atoms with van der Waals surface area (Å²) in [6.45, 7) is 6.85. The van der Waals surface area contributed by atoms with Crippen molar-refractivity contribution < 1.29 is 23.5 Å². The fourth-order valence-electron chi connectivity index (χ4n) is 3.87. The van der Waals surface area contributed by atoms with Crippen LogP contribution in [0.2, 0.25) is 0 Å². The zero-order valence-corrected chi connectivity index (χ0v) is 17.7. The highest BCUT2D eigenvalue weighted by Gasteiger charge is 2.27. The van der Waals surface area contributed by atoms with Gasteiger partial charge in [0.2, 0.25) is 0 Å².